The van der Waals surface area contributed by atoms with Gasteiger partial charge in [0.1, 0.15) is 0 Å². The minimum absolute atomic E-state index is 0.0485. The number of nitriles is 1. The molecular formula is C22H30N4O3S. The first-order valence-corrected chi connectivity index (χ1v) is 12.7. The molecule has 0 aromatic heterocycles. The summed E-state index contributed by atoms with van der Waals surface area (Å²) in [5.74, 6) is 0.348. The van der Waals surface area contributed by atoms with E-state index < -0.39 is 10.0 Å². The number of carbonyl (C=O) groups is 1. The summed E-state index contributed by atoms with van der Waals surface area (Å²) in [6, 6.07) is 10.9. The predicted octanol–water partition coefficient (Wildman–Crippen LogP) is 1.55. The second-order valence-electron chi connectivity index (χ2n) is 8.93. The maximum atomic E-state index is 12.7. The Morgan fingerprint density at radius 3 is 2.43 bits per heavy atom. The Morgan fingerprint density at radius 2 is 1.90 bits per heavy atom. The zero-order valence-corrected chi connectivity index (χ0v) is 18.3. The highest BCUT2D eigenvalue weighted by Crippen LogP contribution is 2.36. The lowest BCUT2D eigenvalue weighted by molar-refractivity contribution is -0.122. The van der Waals surface area contributed by atoms with E-state index in [1.165, 1.54) is 17.0 Å². The molecule has 4 rings (SSSR count). The molecule has 30 heavy (non-hydrogen) atoms. The molecule has 2 bridgehead atoms. The van der Waals surface area contributed by atoms with Crippen LogP contribution in [0.2, 0.25) is 0 Å². The van der Waals surface area contributed by atoms with Gasteiger partial charge in [-0.15, -0.1) is 0 Å². The number of Topliss-reactive ketones (excluding diaryl/α,β-unsaturated/α-hetero) is 1. The lowest BCUT2D eigenvalue weighted by Gasteiger charge is -2.34. The minimum Gasteiger partial charge on any atom is -0.369 e. The SMILES string of the molecule is CS(=O)(=O)N1CCN(c2ccc(C[C@@H](C#N)CC(=O)[C@H]3N[C@@H]4CC[C@H]3C4)cc2)CC1. The molecule has 1 aromatic rings. The number of rotatable bonds is 7. The van der Waals surface area contributed by atoms with Gasteiger partial charge in [-0.25, -0.2) is 8.42 Å². The smallest absolute Gasteiger partial charge is 0.211 e. The van der Waals surface area contributed by atoms with Crippen LogP contribution in [-0.4, -0.2) is 63.0 Å². The summed E-state index contributed by atoms with van der Waals surface area (Å²) in [5.41, 5.74) is 2.11. The van der Waals surface area contributed by atoms with Gasteiger partial charge in [0.15, 0.2) is 5.78 Å². The van der Waals surface area contributed by atoms with E-state index in [0.717, 1.165) is 24.1 Å². The number of benzene rings is 1. The number of sulfonamides is 1. The van der Waals surface area contributed by atoms with Crippen LogP contribution in [-0.2, 0) is 21.2 Å². The van der Waals surface area contributed by atoms with Crippen LogP contribution in [0.15, 0.2) is 24.3 Å². The Morgan fingerprint density at radius 1 is 1.20 bits per heavy atom. The fourth-order valence-corrected chi connectivity index (χ4v) is 5.98. The van der Waals surface area contributed by atoms with Crippen molar-refractivity contribution < 1.29 is 13.2 Å². The van der Waals surface area contributed by atoms with Crippen molar-refractivity contribution in [2.45, 2.75) is 44.2 Å². The molecule has 4 atom stereocenters. The number of ketones is 1. The van der Waals surface area contributed by atoms with Crippen molar-refractivity contribution in [1.82, 2.24) is 9.62 Å². The Labute approximate surface area is 179 Å². The molecule has 7 nitrogen and oxygen atoms in total. The number of carbonyl (C=O) groups excluding carboxylic acids is 1. The molecule has 0 radical (unpaired) electrons. The first-order chi connectivity index (χ1) is 14.3. The summed E-state index contributed by atoms with van der Waals surface area (Å²) in [5, 5.41) is 13.0. The van der Waals surface area contributed by atoms with E-state index in [9.17, 15) is 18.5 Å². The van der Waals surface area contributed by atoms with Gasteiger partial charge in [0, 0.05) is 44.3 Å². The van der Waals surface area contributed by atoms with Gasteiger partial charge < -0.3 is 10.2 Å². The van der Waals surface area contributed by atoms with Crippen molar-refractivity contribution in [3.63, 3.8) is 0 Å². The molecule has 0 spiro atoms. The van der Waals surface area contributed by atoms with Gasteiger partial charge in [-0.3, -0.25) is 4.79 Å². The third-order valence-corrected chi connectivity index (χ3v) is 8.13. The van der Waals surface area contributed by atoms with Gasteiger partial charge in [0.05, 0.1) is 24.3 Å². The van der Waals surface area contributed by atoms with Crippen molar-refractivity contribution in [2.75, 3.05) is 37.3 Å². The third kappa shape index (κ3) is 4.69. The van der Waals surface area contributed by atoms with E-state index in [1.807, 2.05) is 24.3 Å². The normalized spacial score (nSPS) is 27.7. The standard InChI is InChI=1S/C22H30N4O3S/c1-30(28,29)26-10-8-25(9-11-26)20-6-2-16(3-7-20)12-17(15-23)13-21(27)22-18-4-5-19(14-18)24-22/h2-3,6-7,17-19,22,24H,4-5,8-14H2,1H3/t17-,18+,19-,22+/m1/s1. The molecule has 1 aliphatic carbocycles. The zero-order valence-electron chi connectivity index (χ0n) is 17.5. The Balaban J connectivity index is 1.30. The van der Waals surface area contributed by atoms with E-state index >= 15 is 0 Å². The number of hydrogen-bond donors (Lipinski definition) is 1. The Bertz CT molecular complexity index is 917. The van der Waals surface area contributed by atoms with Crippen LogP contribution >= 0.6 is 0 Å². The van der Waals surface area contributed by atoms with E-state index in [1.54, 1.807) is 0 Å². The molecular weight excluding hydrogens is 400 g/mol. The molecule has 2 heterocycles. The van der Waals surface area contributed by atoms with Crippen molar-refractivity contribution in [3.05, 3.63) is 29.8 Å². The average Bonchev–Trinajstić information content (AvgIpc) is 3.37. The average molecular weight is 431 g/mol. The highest BCUT2D eigenvalue weighted by molar-refractivity contribution is 7.88. The molecule has 3 aliphatic rings. The fraction of sp³-hybridized carbons (Fsp3) is 0.636. The number of anilines is 1. The second kappa shape index (κ2) is 8.66. The molecule has 2 saturated heterocycles. The van der Waals surface area contributed by atoms with E-state index in [2.05, 4.69) is 16.3 Å². The van der Waals surface area contributed by atoms with Gasteiger partial charge in [-0.2, -0.15) is 9.57 Å². The van der Waals surface area contributed by atoms with Crippen LogP contribution in [0, 0.1) is 23.2 Å². The summed E-state index contributed by atoms with van der Waals surface area (Å²) in [4.78, 5) is 14.9. The van der Waals surface area contributed by atoms with Gasteiger partial charge in [-0.05, 0) is 49.3 Å². The van der Waals surface area contributed by atoms with E-state index in [0.29, 0.717) is 51.0 Å². The maximum Gasteiger partial charge on any atom is 0.211 e. The van der Waals surface area contributed by atoms with Crippen LogP contribution in [0.4, 0.5) is 5.69 Å². The van der Waals surface area contributed by atoms with Gasteiger partial charge in [0.2, 0.25) is 10.0 Å². The molecule has 2 aliphatic heterocycles. The summed E-state index contributed by atoms with van der Waals surface area (Å²) >= 11 is 0. The van der Waals surface area contributed by atoms with Crippen molar-refractivity contribution in [3.8, 4) is 6.07 Å². The molecule has 0 unspecified atom stereocenters. The molecule has 1 saturated carbocycles. The molecule has 1 aromatic carbocycles. The summed E-state index contributed by atoms with van der Waals surface area (Å²) in [7, 11) is -3.13. The van der Waals surface area contributed by atoms with Crippen LogP contribution < -0.4 is 10.2 Å². The van der Waals surface area contributed by atoms with Crippen molar-refractivity contribution >= 4 is 21.5 Å². The van der Waals surface area contributed by atoms with Crippen LogP contribution in [0.3, 0.4) is 0 Å². The molecule has 1 N–H and O–H groups in total. The van der Waals surface area contributed by atoms with E-state index in [4.69, 9.17) is 0 Å². The second-order valence-corrected chi connectivity index (χ2v) is 10.9. The maximum absolute atomic E-state index is 12.7. The quantitative estimate of drug-likeness (QED) is 0.705. The number of piperazine rings is 1. The van der Waals surface area contributed by atoms with Crippen molar-refractivity contribution in [1.29, 1.82) is 5.26 Å². The first-order valence-electron chi connectivity index (χ1n) is 10.8. The highest BCUT2D eigenvalue weighted by atomic mass is 32.2. The monoisotopic (exact) mass is 430 g/mol. The molecule has 0 amide bonds. The lowest BCUT2D eigenvalue weighted by Crippen LogP contribution is -2.48. The van der Waals surface area contributed by atoms with Crippen LogP contribution in [0.1, 0.15) is 31.2 Å². The molecule has 3 fully saturated rings. The summed E-state index contributed by atoms with van der Waals surface area (Å²) in [6.45, 7) is 2.32. The molecule has 162 valence electrons. The Hall–Kier alpha value is -1.95. The zero-order chi connectivity index (χ0) is 21.3. The third-order valence-electron chi connectivity index (χ3n) is 6.83. The van der Waals surface area contributed by atoms with Gasteiger partial charge in [0.25, 0.3) is 0 Å². The predicted molar refractivity (Wildman–Crippen MR) is 116 cm³/mol. The first kappa shape index (κ1) is 21.3. The lowest BCUT2D eigenvalue weighted by atomic mass is 9.88. The van der Waals surface area contributed by atoms with Crippen LogP contribution in [0.25, 0.3) is 0 Å². The highest BCUT2D eigenvalue weighted by Gasteiger charge is 2.42. The summed E-state index contributed by atoms with van der Waals surface area (Å²) < 4.78 is 24.8. The van der Waals surface area contributed by atoms with Crippen molar-refractivity contribution in [2.24, 2.45) is 11.8 Å². The van der Waals surface area contributed by atoms with Gasteiger partial charge in [-0.1, -0.05) is 12.1 Å². The number of hydrogen-bond acceptors (Lipinski definition) is 6. The Kier molecular flexibility index (Phi) is 6.14. The molecule has 8 heteroatoms. The van der Waals surface area contributed by atoms with E-state index in [-0.39, 0.29) is 17.7 Å². The number of fused-ring (bicyclic) bond motifs is 2. The largest absolute Gasteiger partial charge is 0.369 e. The van der Waals surface area contributed by atoms with Crippen LogP contribution in [0.5, 0.6) is 0 Å². The topological polar surface area (TPSA) is 93.5 Å². The fourth-order valence-electron chi connectivity index (χ4n) is 5.15. The number of nitrogens with one attached hydrogen (secondary N) is 1. The summed E-state index contributed by atoms with van der Waals surface area (Å²) in [6.07, 6.45) is 5.55. The minimum atomic E-state index is -3.13. The number of nitrogens with zero attached hydrogens (tertiary/aromatic N) is 3. The van der Waals surface area contributed by atoms with Gasteiger partial charge >= 0.3 is 0 Å². The number of piperidine rings is 1.